The number of rotatable bonds is 10. The van der Waals surface area contributed by atoms with E-state index in [1.165, 1.54) is 31.8 Å². The number of carbonyl (C=O) groups is 1. The van der Waals surface area contributed by atoms with Crippen LogP contribution in [0.4, 0.5) is 0 Å². The molecule has 1 atom stereocenters. The summed E-state index contributed by atoms with van der Waals surface area (Å²) < 4.78 is 0. The van der Waals surface area contributed by atoms with Crippen LogP contribution in [0.25, 0.3) is 0 Å². The fourth-order valence-corrected chi connectivity index (χ4v) is 3.02. The van der Waals surface area contributed by atoms with Crippen LogP contribution in [0.5, 0.6) is 0 Å². The van der Waals surface area contributed by atoms with E-state index in [1.54, 1.807) is 0 Å². The molecule has 0 rings (SSSR count). The summed E-state index contributed by atoms with van der Waals surface area (Å²) >= 11 is 0. The molecule has 1 unspecified atom stereocenters. The van der Waals surface area contributed by atoms with Gasteiger partial charge in [0.05, 0.1) is 0 Å². The van der Waals surface area contributed by atoms with Crippen LogP contribution >= 0.6 is 7.26 Å². The summed E-state index contributed by atoms with van der Waals surface area (Å²) in [6.45, 7) is 10.2. The van der Waals surface area contributed by atoms with Gasteiger partial charge in [0.15, 0.2) is 0 Å². The van der Waals surface area contributed by atoms with E-state index in [0.29, 0.717) is 13.0 Å². The van der Waals surface area contributed by atoms with Gasteiger partial charge in [-0.05, 0) is 19.4 Å². The third-order valence-corrected chi connectivity index (χ3v) is 4.92. The topological polar surface area (TPSA) is 89.3 Å². The molecule has 0 bridgehead atoms. The summed E-state index contributed by atoms with van der Waals surface area (Å²) in [6, 6.07) is -0.716. The molecule has 0 spiro atoms. The van der Waals surface area contributed by atoms with E-state index in [0.717, 1.165) is 12.8 Å². The van der Waals surface area contributed by atoms with Gasteiger partial charge in [0, 0.05) is 0 Å². The van der Waals surface area contributed by atoms with Crippen molar-refractivity contribution in [2.75, 3.05) is 32.7 Å². The van der Waals surface area contributed by atoms with Gasteiger partial charge in [0.2, 0.25) is 0 Å². The van der Waals surface area contributed by atoms with Crippen molar-refractivity contribution in [3.63, 3.8) is 0 Å². The molecule has 0 saturated carbocycles. The molecular formula is C15H37N2O2P. The number of unbranched alkanes of at least 4 members (excludes halogenated alkanes) is 4. The van der Waals surface area contributed by atoms with E-state index >= 15 is 0 Å². The molecule has 0 aromatic carbocycles. The monoisotopic (exact) mass is 308 g/mol. The summed E-state index contributed by atoms with van der Waals surface area (Å²) in [7, 11) is -0.707. The van der Waals surface area contributed by atoms with Crippen molar-refractivity contribution >= 4 is 13.2 Å². The van der Waals surface area contributed by atoms with Crippen molar-refractivity contribution in [2.24, 2.45) is 11.5 Å². The van der Waals surface area contributed by atoms with Crippen molar-refractivity contribution < 1.29 is 9.90 Å². The summed E-state index contributed by atoms with van der Waals surface area (Å²) in [6.07, 6.45) is 9.42. The minimum atomic E-state index is -0.933. The zero-order chi connectivity index (χ0) is 16.0. The van der Waals surface area contributed by atoms with Gasteiger partial charge >= 0.3 is 72.0 Å². The zero-order valence-corrected chi connectivity index (χ0v) is 15.0. The molecule has 0 aliphatic heterocycles. The molecule has 0 heterocycles. The number of carboxylic acid groups (broad SMARTS) is 1. The molecule has 124 valence electrons. The van der Waals surface area contributed by atoms with Crippen molar-refractivity contribution in [2.45, 2.75) is 57.9 Å². The van der Waals surface area contributed by atoms with E-state index in [2.05, 4.69) is 26.9 Å². The summed E-state index contributed by atoms with van der Waals surface area (Å²) in [5.74, 6) is -0.933. The molecule has 20 heavy (non-hydrogen) atoms. The molecule has 5 heteroatoms. The predicted molar refractivity (Wildman–Crippen MR) is 93.6 cm³/mol. The van der Waals surface area contributed by atoms with Crippen LogP contribution < -0.4 is 11.5 Å². The summed E-state index contributed by atoms with van der Waals surface area (Å²) in [5, 5.41) is 8.33. The molecule has 0 aromatic rings. The van der Waals surface area contributed by atoms with Crippen LogP contribution in [0.2, 0.25) is 0 Å². The number of hydrogen-bond donors (Lipinski definition) is 3. The number of nitrogens with two attached hydrogens (primary N) is 2. The Balaban J connectivity index is 0. The Morgan fingerprint density at radius 1 is 1.10 bits per heavy atom. The SMILES string of the molecule is CCCCCC[PH](C)(C)C.NCCCCC(N)C(=O)O. The van der Waals surface area contributed by atoms with Crippen molar-refractivity contribution in [1.82, 2.24) is 0 Å². The minimum absolute atomic E-state index is 0.520. The van der Waals surface area contributed by atoms with Gasteiger partial charge in [-0.3, -0.25) is 4.79 Å². The fraction of sp³-hybridized carbons (Fsp3) is 0.933. The van der Waals surface area contributed by atoms with Crippen molar-refractivity contribution in [3.8, 4) is 0 Å². The molecule has 0 fully saturated rings. The first-order chi connectivity index (χ1) is 9.24. The molecular weight excluding hydrogens is 271 g/mol. The van der Waals surface area contributed by atoms with E-state index in [-0.39, 0.29) is 0 Å². The number of hydrogen-bond acceptors (Lipinski definition) is 3. The summed E-state index contributed by atoms with van der Waals surface area (Å²) in [4.78, 5) is 10.1. The molecule has 0 aliphatic rings. The molecule has 0 amide bonds. The number of aliphatic carboxylic acids is 1. The second-order valence-corrected chi connectivity index (χ2v) is 12.2. The van der Waals surface area contributed by atoms with Gasteiger partial charge in [-0.15, -0.1) is 0 Å². The van der Waals surface area contributed by atoms with Crippen molar-refractivity contribution in [1.29, 1.82) is 0 Å². The van der Waals surface area contributed by atoms with Crippen LogP contribution in [0, 0.1) is 0 Å². The van der Waals surface area contributed by atoms with Gasteiger partial charge in [-0.2, -0.15) is 0 Å². The second-order valence-electron chi connectivity index (χ2n) is 6.60. The molecule has 0 aromatic heterocycles. The Labute approximate surface area is 126 Å². The average Bonchev–Trinajstić information content (AvgIpc) is 2.34. The van der Waals surface area contributed by atoms with E-state index in [1.807, 2.05) is 0 Å². The minimum Gasteiger partial charge on any atom is -0.480 e. The van der Waals surface area contributed by atoms with Crippen LogP contribution in [-0.2, 0) is 4.79 Å². The predicted octanol–water partition coefficient (Wildman–Crippen LogP) is 2.73. The average molecular weight is 308 g/mol. The van der Waals surface area contributed by atoms with Gasteiger partial charge in [0.1, 0.15) is 6.04 Å². The maximum atomic E-state index is 10.1. The van der Waals surface area contributed by atoms with Crippen LogP contribution in [0.1, 0.15) is 51.9 Å². The first kappa shape index (κ1) is 22.1. The fourth-order valence-electron chi connectivity index (χ4n) is 1.71. The van der Waals surface area contributed by atoms with E-state index in [4.69, 9.17) is 16.6 Å². The van der Waals surface area contributed by atoms with Crippen LogP contribution in [0.15, 0.2) is 0 Å². The van der Waals surface area contributed by atoms with Crippen LogP contribution in [-0.4, -0.2) is 49.8 Å². The van der Waals surface area contributed by atoms with Gasteiger partial charge in [0.25, 0.3) is 0 Å². The van der Waals surface area contributed by atoms with E-state index < -0.39 is 19.3 Å². The molecule has 0 saturated heterocycles. The van der Waals surface area contributed by atoms with Crippen molar-refractivity contribution in [3.05, 3.63) is 0 Å². The normalized spacial score (nSPS) is 13.3. The second kappa shape index (κ2) is 13.8. The molecule has 0 radical (unpaired) electrons. The Hall–Kier alpha value is -0.180. The summed E-state index contributed by atoms with van der Waals surface area (Å²) in [5.41, 5.74) is 10.4. The van der Waals surface area contributed by atoms with Gasteiger partial charge < -0.3 is 16.6 Å². The smallest absolute Gasteiger partial charge is 0.320 e. The largest absolute Gasteiger partial charge is 0.480 e. The third kappa shape index (κ3) is 20.1. The first-order valence-electron chi connectivity index (χ1n) is 7.93. The number of carboxylic acids is 1. The van der Waals surface area contributed by atoms with E-state index in [9.17, 15) is 4.79 Å². The maximum absolute atomic E-state index is 10.1. The van der Waals surface area contributed by atoms with Crippen LogP contribution in [0.3, 0.4) is 0 Å². The maximum Gasteiger partial charge on any atom is 0.320 e. The zero-order valence-electron chi connectivity index (χ0n) is 14.0. The third-order valence-electron chi connectivity index (χ3n) is 3.07. The Morgan fingerprint density at radius 2 is 1.70 bits per heavy atom. The molecule has 0 aliphatic carbocycles. The Bertz CT molecular complexity index is 230. The first-order valence-corrected chi connectivity index (χ1v) is 11.6. The molecule has 5 N–H and O–H groups in total. The van der Waals surface area contributed by atoms with Gasteiger partial charge in [-0.25, -0.2) is 0 Å². The quantitative estimate of drug-likeness (QED) is 0.427. The van der Waals surface area contributed by atoms with Gasteiger partial charge in [-0.1, -0.05) is 6.42 Å². The Kier molecular flexibility index (Phi) is 15.2. The standard InChI is InChI=1S/C9H23P.C6H14N2O2/c1-5-6-7-8-9-10(2,3)4;7-4-2-1-3-5(8)6(9)10/h10H,5-9H2,1-4H3;5H,1-4,7-8H2,(H,9,10). The molecule has 4 nitrogen and oxygen atoms in total. The Morgan fingerprint density at radius 3 is 2.10 bits per heavy atom.